The van der Waals surface area contributed by atoms with Crippen LogP contribution in [0.1, 0.15) is 5.56 Å². The van der Waals surface area contributed by atoms with Crippen molar-refractivity contribution >= 4 is 17.1 Å². The summed E-state index contributed by atoms with van der Waals surface area (Å²) in [6, 6.07) is 4.27. The molecule has 0 amide bonds. The summed E-state index contributed by atoms with van der Waals surface area (Å²) >= 11 is 0. The quantitative estimate of drug-likeness (QED) is 0.646. The van der Waals surface area contributed by atoms with E-state index < -0.39 is 0 Å². The molecule has 3 nitrogen and oxygen atoms in total. The van der Waals surface area contributed by atoms with E-state index in [2.05, 4.69) is 34.7 Å². The molecule has 1 aromatic rings. The van der Waals surface area contributed by atoms with Crippen LogP contribution in [0.15, 0.2) is 24.8 Å². The van der Waals surface area contributed by atoms with Crippen molar-refractivity contribution < 1.29 is 0 Å². The van der Waals surface area contributed by atoms with Crippen molar-refractivity contribution in [2.75, 3.05) is 37.1 Å². The molecule has 1 aromatic carbocycles. The molecule has 0 fully saturated rings. The third-order valence-corrected chi connectivity index (χ3v) is 2.37. The molecule has 0 saturated heterocycles. The Kier molecular flexibility index (Phi) is 4.03. The van der Waals surface area contributed by atoms with Crippen molar-refractivity contribution in [3.8, 4) is 0 Å². The minimum Gasteiger partial charge on any atom is -0.386 e. The fourth-order valence-corrected chi connectivity index (χ4v) is 1.65. The fourth-order valence-electron chi connectivity index (χ4n) is 1.65. The Bertz CT molecular complexity index is 320. The average Bonchev–Trinajstić information content (AvgIpc) is 2.28. The average molecular weight is 205 g/mol. The molecular formula is C12H19N3. The topological polar surface area (TPSA) is 36.1 Å². The van der Waals surface area contributed by atoms with Crippen LogP contribution in [0.2, 0.25) is 0 Å². The van der Waals surface area contributed by atoms with Crippen LogP contribution in [-0.4, -0.2) is 21.1 Å². The molecule has 0 aliphatic rings. The molecule has 0 radical (unpaired) electrons. The van der Waals surface area contributed by atoms with Crippen LogP contribution >= 0.6 is 0 Å². The van der Waals surface area contributed by atoms with Gasteiger partial charge >= 0.3 is 0 Å². The zero-order valence-electron chi connectivity index (χ0n) is 9.65. The monoisotopic (exact) mass is 205 g/mol. The SMILES string of the molecule is C=CCc1cc(NC)c(NC)c(NC)c1. The lowest BCUT2D eigenvalue weighted by atomic mass is 10.1. The lowest BCUT2D eigenvalue weighted by Crippen LogP contribution is -2.02. The van der Waals surface area contributed by atoms with Gasteiger partial charge in [0, 0.05) is 21.1 Å². The smallest absolute Gasteiger partial charge is 0.0808 e. The number of nitrogens with one attached hydrogen (secondary N) is 3. The van der Waals surface area contributed by atoms with Crippen LogP contribution < -0.4 is 16.0 Å². The van der Waals surface area contributed by atoms with Crippen LogP contribution in [0.25, 0.3) is 0 Å². The van der Waals surface area contributed by atoms with Gasteiger partial charge in [0.15, 0.2) is 0 Å². The predicted octanol–water partition coefficient (Wildman–Crippen LogP) is 2.54. The Morgan fingerprint density at radius 1 is 1.07 bits per heavy atom. The fraction of sp³-hybridized carbons (Fsp3) is 0.333. The number of benzene rings is 1. The van der Waals surface area contributed by atoms with Gasteiger partial charge in [-0.1, -0.05) is 6.08 Å². The maximum atomic E-state index is 3.75. The lowest BCUT2D eigenvalue weighted by Gasteiger charge is -2.15. The van der Waals surface area contributed by atoms with Crippen molar-refractivity contribution in [3.05, 3.63) is 30.4 Å². The van der Waals surface area contributed by atoms with E-state index in [0.717, 1.165) is 23.5 Å². The van der Waals surface area contributed by atoms with E-state index in [1.807, 2.05) is 27.2 Å². The highest BCUT2D eigenvalue weighted by molar-refractivity contribution is 5.83. The van der Waals surface area contributed by atoms with E-state index in [1.54, 1.807) is 0 Å². The summed E-state index contributed by atoms with van der Waals surface area (Å²) in [6.45, 7) is 3.75. The molecule has 3 N–H and O–H groups in total. The second-order valence-corrected chi connectivity index (χ2v) is 3.31. The summed E-state index contributed by atoms with van der Waals surface area (Å²) in [6.07, 6.45) is 2.79. The maximum absolute atomic E-state index is 3.75. The molecule has 0 aromatic heterocycles. The Labute approximate surface area is 91.6 Å². The third kappa shape index (κ3) is 2.43. The molecule has 0 spiro atoms. The third-order valence-electron chi connectivity index (χ3n) is 2.37. The molecule has 0 saturated carbocycles. The van der Waals surface area contributed by atoms with Gasteiger partial charge in [0.05, 0.1) is 17.1 Å². The highest BCUT2D eigenvalue weighted by Crippen LogP contribution is 2.31. The summed E-state index contributed by atoms with van der Waals surface area (Å²) in [5, 5.41) is 9.55. The van der Waals surface area contributed by atoms with Gasteiger partial charge in [-0.2, -0.15) is 0 Å². The first-order chi connectivity index (χ1) is 7.26. The predicted molar refractivity (Wildman–Crippen MR) is 69.0 cm³/mol. The van der Waals surface area contributed by atoms with Crippen LogP contribution in [0.3, 0.4) is 0 Å². The van der Waals surface area contributed by atoms with E-state index in [4.69, 9.17) is 0 Å². The first-order valence-corrected chi connectivity index (χ1v) is 5.07. The summed E-state index contributed by atoms with van der Waals surface area (Å²) < 4.78 is 0. The molecule has 0 bridgehead atoms. The highest BCUT2D eigenvalue weighted by atomic mass is 15.0. The van der Waals surface area contributed by atoms with E-state index in [1.165, 1.54) is 5.56 Å². The zero-order chi connectivity index (χ0) is 11.3. The van der Waals surface area contributed by atoms with Gasteiger partial charge in [-0.3, -0.25) is 0 Å². The van der Waals surface area contributed by atoms with Crippen LogP contribution in [-0.2, 0) is 6.42 Å². The van der Waals surface area contributed by atoms with E-state index in [9.17, 15) is 0 Å². The van der Waals surface area contributed by atoms with Crippen molar-refractivity contribution in [3.63, 3.8) is 0 Å². The molecule has 0 aliphatic carbocycles. The van der Waals surface area contributed by atoms with Crippen LogP contribution in [0.5, 0.6) is 0 Å². The molecule has 0 heterocycles. The Morgan fingerprint density at radius 2 is 1.60 bits per heavy atom. The Morgan fingerprint density at radius 3 is 1.93 bits per heavy atom. The summed E-state index contributed by atoms with van der Waals surface area (Å²) in [5.41, 5.74) is 4.54. The number of hydrogen-bond acceptors (Lipinski definition) is 3. The molecule has 1 rings (SSSR count). The summed E-state index contributed by atoms with van der Waals surface area (Å²) in [5.74, 6) is 0. The molecule has 0 unspecified atom stereocenters. The molecule has 15 heavy (non-hydrogen) atoms. The first-order valence-electron chi connectivity index (χ1n) is 5.07. The van der Waals surface area contributed by atoms with Gasteiger partial charge < -0.3 is 16.0 Å². The van der Waals surface area contributed by atoms with Gasteiger partial charge in [0.25, 0.3) is 0 Å². The van der Waals surface area contributed by atoms with Crippen LogP contribution in [0.4, 0.5) is 17.1 Å². The van der Waals surface area contributed by atoms with Gasteiger partial charge in [0.2, 0.25) is 0 Å². The molecule has 0 atom stereocenters. The zero-order valence-corrected chi connectivity index (χ0v) is 9.65. The Hall–Kier alpha value is -1.64. The number of rotatable bonds is 5. The molecular weight excluding hydrogens is 186 g/mol. The van der Waals surface area contributed by atoms with Gasteiger partial charge in [-0.05, 0) is 24.1 Å². The standard InChI is InChI=1S/C12H19N3/c1-5-6-9-7-10(13-2)12(15-4)11(8-9)14-3/h5,7-8,13-15H,1,6H2,2-4H3. The van der Waals surface area contributed by atoms with Crippen molar-refractivity contribution in [2.45, 2.75) is 6.42 Å². The minimum atomic E-state index is 0.882. The second kappa shape index (κ2) is 5.29. The van der Waals surface area contributed by atoms with Gasteiger partial charge in [-0.25, -0.2) is 0 Å². The van der Waals surface area contributed by atoms with Crippen molar-refractivity contribution in [2.24, 2.45) is 0 Å². The van der Waals surface area contributed by atoms with Gasteiger partial charge in [0.1, 0.15) is 0 Å². The minimum absolute atomic E-state index is 0.882. The second-order valence-electron chi connectivity index (χ2n) is 3.31. The lowest BCUT2D eigenvalue weighted by molar-refractivity contribution is 1.26. The van der Waals surface area contributed by atoms with E-state index in [0.29, 0.717) is 0 Å². The first kappa shape index (κ1) is 11.4. The molecule has 3 heteroatoms. The summed E-state index contributed by atoms with van der Waals surface area (Å²) in [4.78, 5) is 0. The van der Waals surface area contributed by atoms with E-state index in [-0.39, 0.29) is 0 Å². The van der Waals surface area contributed by atoms with Crippen molar-refractivity contribution in [1.29, 1.82) is 0 Å². The van der Waals surface area contributed by atoms with Crippen molar-refractivity contribution in [1.82, 2.24) is 0 Å². The Balaban J connectivity index is 3.22. The summed E-state index contributed by atoms with van der Waals surface area (Å²) in [7, 11) is 5.77. The number of hydrogen-bond donors (Lipinski definition) is 3. The maximum Gasteiger partial charge on any atom is 0.0808 e. The largest absolute Gasteiger partial charge is 0.386 e. The van der Waals surface area contributed by atoms with E-state index >= 15 is 0 Å². The highest BCUT2D eigenvalue weighted by Gasteiger charge is 2.06. The molecule has 82 valence electrons. The van der Waals surface area contributed by atoms with Gasteiger partial charge in [-0.15, -0.1) is 6.58 Å². The number of allylic oxidation sites excluding steroid dienone is 1. The normalized spacial score (nSPS) is 9.53. The number of anilines is 3. The molecule has 0 aliphatic heterocycles. The van der Waals surface area contributed by atoms with Crippen LogP contribution in [0, 0.1) is 0 Å².